The first-order chi connectivity index (χ1) is 13.8. The molecule has 2 aromatic heterocycles. The summed E-state index contributed by atoms with van der Waals surface area (Å²) in [5, 5.41) is 19.0. The van der Waals surface area contributed by atoms with Gasteiger partial charge in [-0.1, -0.05) is 43.7 Å². The van der Waals surface area contributed by atoms with Crippen LogP contribution in [-0.2, 0) is 5.75 Å². The maximum absolute atomic E-state index is 8.97. The summed E-state index contributed by atoms with van der Waals surface area (Å²) in [5.74, 6) is 2.32. The minimum Gasteiger partial charge on any atom is -0.299 e. The Kier molecular flexibility index (Phi) is 5.73. The molecular weight excluding hydrogens is 366 g/mol. The Morgan fingerprint density at radius 3 is 2.68 bits per heavy atom. The van der Waals surface area contributed by atoms with E-state index in [0.717, 1.165) is 28.7 Å². The van der Waals surface area contributed by atoms with Crippen molar-refractivity contribution < 1.29 is 0 Å². The molecule has 0 saturated heterocycles. The molecule has 28 heavy (non-hydrogen) atoms. The fraction of sp³-hybridized carbons (Fsp3) is 0.364. The third-order valence-corrected chi connectivity index (χ3v) is 6.45. The van der Waals surface area contributed by atoms with Crippen molar-refractivity contribution in [2.75, 3.05) is 0 Å². The molecule has 2 atom stereocenters. The van der Waals surface area contributed by atoms with E-state index in [9.17, 15) is 0 Å². The lowest BCUT2D eigenvalue weighted by Crippen LogP contribution is -2.22. The Balaban J connectivity index is 1.64. The molecule has 0 spiro atoms. The molecule has 5 nitrogen and oxygen atoms in total. The molecule has 0 N–H and O–H groups in total. The van der Waals surface area contributed by atoms with Gasteiger partial charge in [0, 0.05) is 29.8 Å². The van der Waals surface area contributed by atoms with E-state index in [2.05, 4.69) is 38.8 Å². The molecule has 0 bridgehead atoms. The summed E-state index contributed by atoms with van der Waals surface area (Å²) in [7, 11) is 0. The average Bonchev–Trinajstić information content (AvgIpc) is 3.17. The Hall–Kier alpha value is -2.65. The molecule has 0 unspecified atom stereocenters. The molecule has 142 valence electrons. The van der Waals surface area contributed by atoms with Gasteiger partial charge in [0.2, 0.25) is 0 Å². The smallest absolute Gasteiger partial charge is 0.192 e. The summed E-state index contributed by atoms with van der Waals surface area (Å²) in [5.41, 5.74) is 2.88. The van der Waals surface area contributed by atoms with Crippen LogP contribution in [0.4, 0.5) is 0 Å². The topological polar surface area (TPSA) is 67.4 Å². The van der Waals surface area contributed by atoms with Crippen LogP contribution < -0.4 is 0 Å². The minimum atomic E-state index is 0.419. The highest BCUT2D eigenvalue weighted by atomic mass is 32.2. The summed E-state index contributed by atoms with van der Waals surface area (Å²) >= 11 is 1.71. The molecule has 6 heteroatoms. The van der Waals surface area contributed by atoms with E-state index >= 15 is 0 Å². The molecule has 0 aliphatic heterocycles. The van der Waals surface area contributed by atoms with Crippen molar-refractivity contribution in [1.82, 2.24) is 19.7 Å². The van der Waals surface area contributed by atoms with Gasteiger partial charge in [-0.15, -0.1) is 10.2 Å². The van der Waals surface area contributed by atoms with Crippen LogP contribution in [0.25, 0.3) is 11.4 Å². The number of rotatable bonds is 5. The van der Waals surface area contributed by atoms with E-state index in [1.54, 1.807) is 18.0 Å². The SMILES string of the molecule is C[C@H]1CCCC[C@@H]1n1c(SCc2ccc(C#N)cc2)nnc1-c1cccnc1. The first-order valence-electron chi connectivity index (χ1n) is 9.73. The fourth-order valence-electron chi connectivity index (χ4n) is 3.87. The van der Waals surface area contributed by atoms with Gasteiger partial charge in [0.25, 0.3) is 0 Å². The van der Waals surface area contributed by atoms with Gasteiger partial charge in [-0.05, 0) is 48.6 Å². The lowest BCUT2D eigenvalue weighted by atomic mass is 9.85. The molecule has 1 saturated carbocycles. The van der Waals surface area contributed by atoms with Crippen LogP contribution in [0.3, 0.4) is 0 Å². The Bertz CT molecular complexity index is 959. The summed E-state index contributed by atoms with van der Waals surface area (Å²) in [6.45, 7) is 2.34. The molecule has 4 rings (SSSR count). The van der Waals surface area contributed by atoms with Crippen LogP contribution >= 0.6 is 11.8 Å². The number of aromatic nitrogens is 4. The molecule has 1 aromatic carbocycles. The van der Waals surface area contributed by atoms with Gasteiger partial charge in [-0.25, -0.2) is 0 Å². The number of hydrogen-bond donors (Lipinski definition) is 0. The molecule has 2 heterocycles. The van der Waals surface area contributed by atoms with Crippen LogP contribution in [-0.4, -0.2) is 19.7 Å². The quantitative estimate of drug-likeness (QED) is 0.557. The lowest BCUT2D eigenvalue weighted by molar-refractivity contribution is 0.247. The van der Waals surface area contributed by atoms with Crippen molar-refractivity contribution in [2.45, 2.75) is 49.6 Å². The van der Waals surface area contributed by atoms with Crippen LogP contribution in [0.2, 0.25) is 0 Å². The molecule has 1 aliphatic carbocycles. The van der Waals surface area contributed by atoms with Crippen molar-refractivity contribution in [3.05, 3.63) is 59.9 Å². The normalized spacial score (nSPS) is 19.3. The Labute approximate surface area is 169 Å². The van der Waals surface area contributed by atoms with Crippen molar-refractivity contribution in [3.63, 3.8) is 0 Å². The van der Waals surface area contributed by atoms with Gasteiger partial charge in [0.15, 0.2) is 11.0 Å². The lowest BCUT2D eigenvalue weighted by Gasteiger charge is -2.31. The van der Waals surface area contributed by atoms with Crippen molar-refractivity contribution in [3.8, 4) is 17.5 Å². The highest BCUT2D eigenvalue weighted by molar-refractivity contribution is 7.98. The number of nitrogens with zero attached hydrogens (tertiary/aromatic N) is 5. The fourth-order valence-corrected chi connectivity index (χ4v) is 4.82. The largest absolute Gasteiger partial charge is 0.299 e. The maximum Gasteiger partial charge on any atom is 0.192 e. The zero-order valence-electron chi connectivity index (χ0n) is 16.0. The predicted molar refractivity (Wildman–Crippen MR) is 111 cm³/mol. The van der Waals surface area contributed by atoms with Crippen molar-refractivity contribution >= 4 is 11.8 Å². The highest BCUT2D eigenvalue weighted by Crippen LogP contribution is 2.39. The third-order valence-electron chi connectivity index (χ3n) is 5.43. The predicted octanol–water partition coefficient (Wildman–Crippen LogP) is 5.26. The Morgan fingerprint density at radius 1 is 1.14 bits per heavy atom. The van der Waals surface area contributed by atoms with Gasteiger partial charge in [-0.3, -0.25) is 9.55 Å². The van der Waals surface area contributed by atoms with Crippen LogP contribution in [0.5, 0.6) is 0 Å². The van der Waals surface area contributed by atoms with Gasteiger partial charge in [0.1, 0.15) is 0 Å². The molecule has 0 amide bonds. The highest BCUT2D eigenvalue weighted by Gasteiger charge is 2.28. The van der Waals surface area contributed by atoms with Gasteiger partial charge < -0.3 is 0 Å². The van der Waals surface area contributed by atoms with Gasteiger partial charge >= 0.3 is 0 Å². The van der Waals surface area contributed by atoms with E-state index in [4.69, 9.17) is 5.26 Å². The van der Waals surface area contributed by atoms with Crippen molar-refractivity contribution in [2.24, 2.45) is 5.92 Å². The first-order valence-corrected chi connectivity index (χ1v) is 10.7. The number of benzene rings is 1. The molecular formula is C22H23N5S. The Morgan fingerprint density at radius 2 is 1.96 bits per heavy atom. The van der Waals surface area contributed by atoms with Gasteiger partial charge in [0.05, 0.1) is 11.6 Å². The maximum atomic E-state index is 8.97. The van der Waals surface area contributed by atoms with Crippen LogP contribution in [0.1, 0.15) is 49.8 Å². The number of nitriles is 1. The molecule has 3 aromatic rings. The van der Waals surface area contributed by atoms with Gasteiger partial charge in [-0.2, -0.15) is 5.26 Å². The number of pyridine rings is 1. The zero-order chi connectivity index (χ0) is 19.3. The first kappa shape index (κ1) is 18.7. The standard InChI is InChI=1S/C22H23N5S/c1-16-5-2-3-7-20(16)27-21(19-6-4-12-24-14-19)25-26-22(27)28-15-18-10-8-17(13-23)9-11-18/h4,6,8-12,14,16,20H,2-3,5,7,15H2,1H3/t16-,20-/m0/s1. The third kappa shape index (κ3) is 3.95. The van der Waals surface area contributed by atoms with Crippen LogP contribution in [0, 0.1) is 17.2 Å². The summed E-state index contributed by atoms with van der Waals surface area (Å²) in [4.78, 5) is 4.27. The summed E-state index contributed by atoms with van der Waals surface area (Å²) in [6, 6.07) is 14.3. The average molecular weight is 390 g/mol. The van der Waals surface area contributed by atoms with E-state index in [1.165, 1.54) is 24.8 Å². The summed E-state index contributed by atoms with van der Waals surface area (Å²) in [6.07, 6.45) is 8.61. The second-order valence-electron chi connectivity index (χ2n) is 7.34. The molecule has 1 fully saturated rings. The second-order valence-corrected chi connectivity index (χ2v) is 8.29. The second kappa shape index (κ2) is 8.57. The van der Waals surface area contributed by atoms with E-state index in [1.807, 2.05) is 36.5 Å². The molecule has 1 aliphatic rings. The van der Waals surface area contributed by atoms with E-state index in [0.29, 0.717) is 17.5 Å². The van der Waals surface area contributed by atoms with Crippen LogP contribution in [0.15, 0.2) is 53.9 Å². The van der Waals surface area contributed by atoms with Crippen molar-refractivity contribution in [1.29, 1.82) is 5.26 Å². The number of hydrogen-bond acceptors (Lipinski definition) is 5. The summed E-state index contributed by atoms with van der Waals surface area (Å²) < 4.78 is 2.34. The zero-order valence-corrected chi connectivity index (χ0v) is 16.8. The van der Waals surface area contributed by atoms with E-state index in [-0.39, 0.29) is 0 Å². The number of thioether (sulfide) groups is 1. The monoisotopic (exact) mass is 389 g/mol. The minimum absolute atomic E-state index is 0.419. The molecule has 0 radical (unpaired) electrons. The van der Waals surface area contributed by atoms with E-state index < -0.39 is 0 Å².